The van der Waals surface area contributed by atoms with Crippen molar-refractivity contribution in [3.05, 3.63) is 24.3 Å². The van der Waals surface area contributed by atoms with Crippen LogP contribution in [0.25, 0.3) is 11.0 Å². The molecular formula is C13H16ClN3. The number of aromatic nitrogens is 2. The maximum absolute atomic E-state index is 6.06. The SMILES string of the molecule is CC1CCN(c2nc3ccccc3[nH]2)C1CCl. The highest BCUT2D eigenvalue weighted by Crippen LogP contribution is 2.29. The molecule has 0 amide bonds. The number of nitrogens with zero attached hydrogens (tertiary/aromatic N) is 2. The second-order valence-electron chi connectivity index (χ2n) is 4.76. The molecule has 1 aliphatic heterocycles. The van der Waals surface area contributed by atoms with E-state index in [0.717, 1.165) is 23.5 Å². The van der Waals surface area contributed by atoms with Gasteiger partial charge in [-0.1, -0.05) is 19.1 Å². The lowest BCUT2D eigenvalue weighted by atomic mass is 10.1. The number of imidazole rings is 1. The molecule has 4 heteroatoms. The lowest BCUT2D eigenvalue weighted by molar-refractivity contribution is 0.547. The molecule has 2 unspecified atom stereocenters. The molecule has 3 rings (SSSR count). The number of anilines is 1. The summed E-state index contributed by atoms with van der Waals surface area (Å²) in [5.74, 6) is 2.26. The zero-order valence-corrected chi connectivity index (χ0v) is 10.6. The number of rotatable bonds is 2. The first-order valence-electron chi connectivity index (χ1n) is 6.07. The Morgan fingerprint density at radius 3 is 3.06 bits per heavy atom. The standard InChI is InChI=1S/C13H16ClN3/c1-9-6-7-17(12(9)8-14)13-15-10-4-2-3-5-11(10)16-13/h2-5,9,12H,6-8H2,1H3,(H,15,16). The van der Waals surface area contributed by atoms with Gasteiger partial charge in [0.05, 0.1) is 11.0 Å². The molecule has 1 saturated heterocycles. The van der Waals surface area contributed by atoms with Gasteiger partial charge in [0, 0.05) is 18.5 Å². The molecule has 2 heterocycles. The number of aromatic amines is 1. The van der Waals surface area contributed by atoms with Crippen molar-refractivity contribution in [1.82, 2.24) is 9.97 Å². The van der Waals surface area contributed by atoms with Crippen LogP contribution < -0.4 is 4.90 Å². The smallest absolute Gasteiger partial charge is 0.204 e. The second kappa shape index (κ2) is 4.22. The van der Waals surface area contributed by atoms with Gasteiger partial charge in [0.15, 0.2) is 0 Å². The Labute approximate surface area is 106 Å². The summed E-state index contributed by atoms with van der Waals surface area (Å²) in [5.41, 5.74) is 2.12. The van der Waals surface area contributed by atoms with Crippen LogP contribution in [0, 0.1) is 5.92 Å². The number of alkyl halides is 1. The van der Waals surface area contributed by atoms with E-state index in [1.54, 1.807) is 0 Å². The van der Waals surface area contributed by atoms with Crippen molar-refractivity contribution in [2.75, 3.05) is 17.3 Å². The Morgan fingerprint density at radius 1 is 1.47 bits per heavy atom. The van der Waals surface area contributed by atoms with Crippen LogP contribution in [0.4, 0.5) is 5.95 Å². The quantitative estimate of drug-likeness (QED) is 0.830. The van der Waals surface area contributed by atoms with Gasteiger partial charge in [-0.05, 0) is 24.5 Å². The molecule has 3 nitrogen and oxygen atoms in total. The molecule has 17 heavy (non-hydrogen) atoms. The van der Waals surface area contributed by atoms with E-state index in [2.05, 4.69) is 27.9 Å². The summed E-state index contributed by atoms with van der Waals surface area (Å²) in [6.07, 6.45) is 1.19. The summed E-state index contributed by atoms with van der Waals surface area (Å²) >= 11 is 6.06. The molecular weight excluding hydrogens is 234 g/mol. The number of H-pyrrole nitrogens is 1. The van der Waals surface area contributed by atoms with Crippen LogP contribution >= 0.6 is 11.6 Å². The third kappa shape index (κ3) is 1.78. The van der Waals surface area contributed by atoms with Gasteiger partial charge in [-0.25, -0.2) is 4.98 Å². The van der Waals surface area contributed by atoms with Crippen LogP contribution in [0.15, 0.2) is 24.3 Å². The predicted octanol–water partition coefficient (Wildman–Crippen LogP) is 3.02. The summed E-state index contributed by atoms with van der Waals surface area (Å²) in [4.78, 5) is 10.3. The van der Waals surface area contributed by atoms with Crippen LogP contribution in [0.2, 0.25) is 0 Å². The van der Waals surface area contributed by atoms with Gasteiger partial charge >= 0.3 is 0 Å². The Bertz CT molecular complexity index is 489. The molecule has 2 aromatic rings. The first-order chi connectivity index (χ1) is 8.29. The number of halogens is 1. The molecule has 2 atom stereocenters. The molecule has 1 aromatic carbocycles. The molecule has 90 valence electrons. The van der Waals surface area contributed by atoms with Gasteiger partial charge in [0.25, 0.3) is 0 Å². The number of para-hydroxylation sites is 2. The highest BCUT2D eigenvalue weighted by molar-refractivity contribution is 6.18. The van der Waals surface area contributed by atoms with E-state index >= 15 is 0 Å². The topological polar surface area (TPSA) is 31.9 Å². The fraction of sp³-hybridized carbons (Fsp3) is 0.462. The third-order valence-electron chi connectivity index (χ3n) is 3.69. The molecule has 0 aliphatic carbocycles. The largest absolute Gasteiger partial charge is 0.338 e. The van der Waals surface area contributed by atoms with Crippen molar-refractivity contribution in [1.29, 1.82) is 0 Å². The van der Waals surface area contributed by atoms with Crippen molar-refractivity contribution in [2.45, 2.75) is 19.4 Å². The molecule has 0 radical (unpaired) electrons. The van der Waals surface area contributed by atoms with Gasteiger partial charge < -0.3 is 9.88 Å². The lowest BCUT2D eigenvalue weighted by Crippen LogP contribution is -2.34. The van der Waals surface area contributed by atoms with Crippen LogP contribution in [0.3, 0.4) is 0 Å². The zero-order valence-electron chi connectivity index (χ0n) is 9.86. The molecule has 1 fully saturated rings. The number of hydrogen-bond donors (Lipinski definition) is 1. The van der Waals surface area contributed by atoms with E-state index in [1.807, 2.05) is 18.2 Å². The second-order valence-corrected chi connectivity index (χ2v) is 5.07. The van der Waals surface area contributed by atoms with Crippen molar-refractivity contribution in [2.24, 2.45) is 5.92 Å². The van der Waals surface area contributed by atoms with Crippen molar-refractivity contribution in [3.8, 4) is 0 Å². The third-order valence-corrected chi connectivity index (χ3v) is 4.01. The Balaban J connectivity index is 1.98. The van der Waals surface area contributed by atoms with Crippen LogP contribution in [0.1, 0.15) is 13.3 Å². The van der Waals surface area contributed by atoms with E-state index in [4.69, 9.17) is 11.6 Å². The number of nitrogens with one attached hydrogen (secondary N) is 1. The lowest BCUT2D eigenvalue weighted by Gasteiger charge is -2.24. The fourth-order valence-electron chi connectivity index (χ4n) is 2.58. The summed E-state index contributed by atoms with van der Waals surface area (Å²) in [5, 5.41) is 0. The van der Waals surface area contributed by atoms with Crippen LogP contribution in [0.5, 0.6) is 0 Å². The minimum atomic E-state index is 0.400. The molecule has 1 aliphatic rings. The van der Waals surface area contributed by atoms with E-state index < -0.39 is 0 Å². The summed E-state index contributed by atoms with van der Waals surface area (Å²) in [6, 6.07) is 8.53. The number of fused-ring (bicyclic) bond motifs is 1. The van der Waals surface area contributed by atoms with E-state index in [-0.39, 0.29) is 0 Å². The van der Waals surface area contributed by atoms with Crippen molar-refractivity contribution < 1.29 is 0 Å². The summed E-state index contributed by atoms with van der Waals surface area (Å²) in [6.45, 7) is 3.30. The van der Waals surface area contributed by atoms with E-state index in [9.17, 15) is 0 Å². The molecule has 1 aromatic heterocycles. The van der Waals surface area contributed by atoms with Gasteiger partial charge in [0.1, 0.15) is 0 Å². The van der Waals surface area contributed by atoms with Gasteiger partial charge in [-0.3, -0.25) is 0 Å². The summed E-state index contributed by atoms with van der Waals surface area (Å²) < 4.78 is 0. The number of hydrogen-bond acceptors (Lipinski definition) is 2. The minimum absolute atomic E-state index is 0.400. The normalized spacial score (nSPS) is 24.7. The highest BCUT2D eigenvalue weighted by atomic mass is 35.5. The molecule has 1 N–H and O–H groups in total. The van der Waals surface area contributed by atoms with E-state index in [0.29, 0.717) is 17.8 Å². The summed E-state index contributed by atoms with van der Waals surface area (Å²) in [7, 11) is 0. The van der Waals surface area contributed by atoms with Gasteiger partial charge in [-0.2, -0.15) is 0 Å². The number of benzene rings is 1. The van der Waals surface area contributed by atoms with Gasteiger partial charge in [-0.15, -0.1) is 11.6 Å². The Hall–Kier alpha value is -1.22. The Kier molecular flexibility index (Phi) is 2.71. The average molecular weight is 250 g/mol. The van der Waals surface area contributed by atoms with Gasteiger partial charge in [0.2, 0.25) is 5.95 Å². The Morgan fingerprint density at radius 2 is 2.29 bits per heavy atom. The predicted molar refractivity (Wildman–Crippen MR) is 71.7 cm³/mol. The van der Waals surface area contributed by atoms with Crippen molar-refractivity contribution >= 4 is 28.6 Å². The molecule has 0 saturated carbocycles. The first kappa shape index (κ1) is 10.9. The first-order valence-corrected chi connectivity index (χ1v) is 6.60. The molecule has 0 bridgehead atoms. The average Bonchev–Trinajstić information content (AvgIpc) is 2.91. The fourth-order valence-corrected chi connectivity index (χ4v) is 3.05. The van der Waals surface area contributed by atoms with Crippen LogP contribution in [-0.2, 0) is 0 Å². The zero-order chi connectivity index (χ0) is 11.8. The minimum Gasteiger partial charge on any atom is -0.338 e. The van der Waals surface area contributed by atoms with Crippen LogP contribution in [-0.4, -0.2) is 28.4 Å². The maximum Gasteiger partial charge on any atom is 0.204 e. The monoisotopic (exact) mass is 249 g/mol. The molecule has 0 spiro atoms. The van der Waals surface area contributed by atoms with E-state index in [1.165, 1.54) is 6.42 Å². The highest BCUT2D eigenvalue weighted by Gasteiger charge is 2.32. The van der Waals surface area contributed by atoms with Crippen molar-refractivity contribution in [3.63, 3.8) is 0 Å². The maximum atomic E-state index is 6.06.